The van der Waals surface area contributed by atoms with Gasteiger partial charge in [0.2, 0.25) is 0 Å². The van der Waals surface area contributed by atoms with Crippen molar-refractivity contribution in [2.45, 2.75) is 6.54 Å². The monoisotopic (exact) mass is 320 g/mol. The maximum absolute atomic E-state index is 8.62. The Morgan fingerprint density at radius 3 is 2.95 bits per heavy atom. The Bertz CT molecular complexity index is 601. The van der Waals surface area contributed by atoms with Gasteiger partial charge in [-0.3, -0.25) is 4.98 Å². The van der Waals surface area contributed by atoms with Crippen LogP contribution in [0.4, 0.5) is 5.69 Å². The van der Waals surface area contributed by atoms with E-state index in [2.05, 4.69) is 31.4 Å². The largest absolute Gasteiger partial charge is 0.409 e. The molecule has 0 saturated heterocycles. The molecule has 0 aliphatic rings. The SMILES string of the molecule is NC(=NO)c1cc(CNc2cccc(Br)c2)ccn1. The molecular weight excluding hydrogens is 308 g/mol. The lowest BCUT2D eigenvalue weighted by Gasteiger charge is -2.07. The zero-order chi connectivity index (χ0) is 13.7. The molecule has 0 saturated carbocycles. The van der Waals surface area contributed by atoms with E-state index in [-0.39, 0.29) is 5.84 Å². The van der Waals surface area contributed by atoms with Crippen molar-refractivity contribution in [3.8, 4) is 0 Å². The molecule has 98 valence electrons. The summed E-state index contributed by atoms with van der Waals surface area (Å²) < 4.78 is 1.02. The number of hydrogen-bond acceptors (Lipinski definition) is 4. The van der Waals surface area contributed by atoms with Crippen molar-refractivity contribution in [1.82, 2.24) is 4.98 Å². The van der Waals surface area contributed by atoms with Crippen LogP contribution in [0.5, 0.6) is 0 Å². The maximum atomic E-state index is 8.62. The molecule has 0 amide bonds. The van der Waals surface area contributed by atoms with Crippen LogP contribution >= 0.6 is 15.9 Å². The summed E-state index contributed by atoms with van der Waals surface area (Å²) in [7, 11) is 0. The fourth-order valence-electron chi connectivity index (χ4n) is 1.58. The van der Waals surface area contributed by atoms with Gasteiger partial charge in [-0.1, -0.05) is 27.2 Å². The lowest BCUT2D eigenvalue weighted by atomic mass is 10.2. The minimum Gasteiger partial charge on any atom is -0.409 e. The zero-order valence-corrected chi connectivity index (χ0v) is 11.6. The van der Waals surface area contributed by atoms with E-state index < -0.39 is 0 Å². The number of pyridine rings is 1. The number of nitrogens with two attached hydrogens (primary N) is 1. The second-order valence-electron chi connectivity index (χ2n) is 3.90. The smallest absolute Gasteiger partial charge is 0.188 e. The van der Waals surface area contributed by atoms with Crippen molar-refractivity contribution in [3.05, 3.63) is 58.3 Å². The highest BCUT2D eigenvalue weighted by atomic mass is 79.9. The van der Waals surface area contributed by atoms with Gasteiger partial charge < -0.3 is 16.3 Å². The van der Waals surface area contributed by atoms with E-state index in [0.29, 0.717) is 12.2 Å². The van der Waals surface area contributed by atoms with E-state index in [1.807, 2.05) is 30.3 Å². The molecular formula is C13H13BrN4O. The van der Waals surface area contributed by atoms with Crippen molar-refractivity contribution in [3.63, 3.8) is 0 Å². The van der Waals surface area contributed by atoms with Crippen LogP contribution in [-0.2, 0) is 6.54 Å². The van der Waals surface area contributed by atoms with Gasteiger partial charge in [0.25, 0.3) is 0 Å². The van der Waals surface area contributed by atoms with Crippen molar-refractivity contribution < 1.29 is 5.21 Å². The Morgan fingerprint density at radius 1 is 1.37 bits per heavy atom. The first kappa shape index (κ1) is 13.4. The van der Waals surface area contributed by atoms with Crippen LogP contribution in [0.1, 0.15) is 11.3 Å². The maximum Gasteiger partial charge on any atom is 0.188 e. The molecule has 0 radical (unpaired) electrons. The molecule has 0 atom stereocenters. The predicted octanol–water partition coefficient (Wildman–Crippen LogP) is 2.55. The van der Waals surface area contributed by atoms with Crippen LogP contribution in [0.25, 0.3) is 0 Å². The third-order valence-electron chi connectivity index (χ3n) is 2.52. The molecule has 6 heteroatoms. The minimum absolute atomic E-state index is 0.00399. The number of hydrogen-bond donors (Lipinski definition) is 3. The third kappa shape index (κ3) is 3.69. The van der Waals surface area contributed by atoms with E-state index in [1.54, 1.807) is 12.3 Å². The van der Waals surface area contributed by atoms with Gasteiger partial charge in [0.1, 0.15) is 5.69 Å². The molecule has 19 heavy (non-hydrogen) atoms. The van der Waals surface area contributed by atoms with Gasteiger partial charge in [0.15, 0.2) is 5.84 Å². The fraction of sp³-hybridized carbons (Fsp3) is 0.0769. The van der Waals surface area contributed by atoms with Crippen LogP contribution in [0.2, 0.25) is 0 Å². The number of nitrogens with one attached hydrogen (secondary N) is 1. The summed E-state index contributed by atoms with van der Waals surface area (Å²) in [6.45, 7) is 0.630. The van der Waals surface area contributed by atoms with Gasteiger partial charge in [-0.15, -0.1) is 0 Å². The van der Waals surface area contributed by atoms with Gasteiger partial charge in [-0.05, 0) is 35.9 Å². The summed E-state index contributed by atoms with van der Waals surface area (Å²) in [5, 5.41) is 14.8. The second-order valence-corrected chi connectivity index (χ2v) is 4.81. The Morgan fingerprint density at radius 2 is 2.21 bits per heavy atom. The van der Waals surface area contributed by atoms with Gasteiger partial charge in [0.05, 0.1) is 0 Å². The summed E-state index contributed by atoms with van der Waals surface area (Å²) in [6.07, 6.45) is 1.63. The van der Waals surface area contributed by atoms with E-state index >= 15 is 0 Å². The number of nitrogens with zero attached hydrogens (tertiary/aromatic N) is 2. The first-order valence-corrected chi connectivity index (χ1v) is 6.40. The lowest BCUT2D eigenvalue weighted by Crippen LogP contribution is -2.15. The summed E-state index contributed by atoms with van der Waals surface area (Å²) in [5.41, 5.74) is 7.96. The second kappa shape index (κ2) is 6.19. The Balaban J connectivity index is 2.08. The molecule has 0 aliphatic heterocycles. The van der Waals surface area contributed by atoms with E-state index in [0.717, 1.165) is 15.7 Å². The van der Waals surface area contributed by atoms with E-state index in [1.165, 1.54) is 0 Å². The fourth-order valence-corrected chi connectivity index (χ4v) is 1.98. The van der Waals surface area contributed by atoms with E-state index in [9.17, 15) is 0 Å². The Labute approximate surface area is 119 Å². The minimum atomic E-state index is 0.00399. The Kier molecular flexibility index (Phi) is 4.35. The van der Waals surface area contributed by atoms with Crippen LogP contribution in [0.15, 0.2) is 52.2 Å². The normalized spacial score (nSPS) is 11.3. The highest BCUT2D eigenvalue weighted by molar-refractivity contribution is 9.10. The first-order chi connectivity index (χ1) is 9.19. The molecule has 0 unspecified atom stereocenters. The number of benzene rings is 1. The average molecular weight is 321 g/mol. The molecule has 1 heterocycles. The Hall–Kier alpha value is -2.08. The standard InChI is InChI=1S/C13H13BrN4O/c14-10-2-1-3-11(7-10)17-8-9-4-5-16-12(6-9)13(15)18-19/h1-7,17,19H,8H2,(H2,15,18). The number of aromatic nitrogens is 1. The summed E-state index contributed by atoms with van der Waals surface area (Å²) in [4.78, 5) is 4.03. The highest BCUT2D eigenvalue weighted by Gasteiger charge is 2.02. The molecule has 5 nitrogen and oxygen atoms in total. The predicted molar refractivity (Wildman–Crippen MR) is 78.2 cm³/mol. The number of halogens is 1. The van der Waals surface area contributed by atoms with Crippen LogP contribution in [0, 0.1) is 0 Å². The van der Waals surface area contributed by atoms with Crippen molar-refractivity contribution in [2.24, 2.45) is 10.9 Å². The van der Waals surface area contributed by atoms with Crippen LogP contribution < -0.4 is 11.1 Å². The van der Waals surface area contributed by atoms with E-state index in [4.69, 9.17) is 10.9 Å². The van der Waals surface area contributed by atoms with Gasteiger partial charge >= 0.3 is 0 Å². The van der Waals surface area contributed by atoms with Crippen LogP contribution in [-0.4, -0.2) is 16.0 Å². The number of oxime groups is 1. The molecule has 2 rings (SSSR count). The molecule has 4 N–H and O–H groups in total. The van der Waals surface area contributed by atoms with Crippen LogP contribution in [0.3, 0.4) is 0 Å². The molecule has 2 aromatic rings. The summed E-state index contributed by atoms with van der Waals surface area (Å²) in [5.74, 6) is 0.00399. The molecule has 0 bridgehead atoms. The van der Waals surface area contributed by atoms with Crippen molar-refractivity contribution >= 4 is 27.5 Å². The van der Waals surface area contributed by atoms with Crippen molar-refractivity contribution in [1.29, 1.82) is 0 Å². The van der Waals surface area contributed by atoms with Gasteiger partial charge in [-0.25, -0.2) is 0 Å². The number of amidine groups is 1. The van der Waals surface area contributed by atoms with Crippen molar-refractivity contribution in [2.75, 3.05) is 5.32 Å². The number of rotatable bonds is 4. The molecule has 0 fully saturated rings. The quantitative estimate of drug-likeness (QED) is 0.350. The summed E-state index contributed by atoms with van der Waals surface area (Å²) >= 11 is 3.42. The first-order valence-electron chi connectivity index (χ1n) is 5.61. The van der Waals surface area contributed by atoms with Gasteiger partial charge in [0, 0.05) is 22.9 Å². The average Bonchev–Trinajstić information content (AvgIpc) is 2.45. The lowest BCUT2D eigenvalue weighted by molar-refractivity contribution is 0.318. The molecule has 1 aromatic carbocycles. The zero-order valence-electron chi connectivity index (χ0n) is 10.0. The topological polar surface area (TPSA) is 83.5 Å². The number of anilines is 1. The molecule has 0 spiro atoms. The highest BCUT2D eigenvalue weighted by Crippen LogP contribution is 2.16. The molecule has 1 aromatic heterocycles. The summed E-state index contributed by atoms with van der Waals surface area (Å²) in [6, 6.07) is 11.6. The molecule has 0 aliphatic carbocycles. The third-order valence-corrected chi connectivity index (χ3v) is 3.01. The van der Waals surface area contributed by atoms with Gasteiger partial charge in [-0.2, -0.15) is 0 Å².